The number of nitrogens with one attached hydrogen (secondary N) is 3. The van der Waals surface area contributed by atoms with Gasteiger partial charge in [0.05, 0.1) is 0 Å². The number of imide groups is 1. The normalized spacial score (nSPS) is 25.5. The summed E-state index contributed by atoms with van der Waals surface area (Å²) in [5.41, 5.74) is 3.12. The third-order valence-corrected chi connectivity index (χ3v) is 4.53. The highest BCUT2D eigenvalue weighted by atomic mass is 16.5. The van der Waals surface area contributed by atoms with Crippen molar-refractivity contribution in [1.29, 1.82) is 0 Å². The fourth-order valence-electron chi connectivity index (χ4n) is 3.15. The number of rotatable bonds is 4. The second-order valence-electron chi connectivity index (χ2n) is 6.33. The third-order valence-electron chi connectivity index (χ3n) is 4.53. The predicted octanol–water partition coefficient (Wildman–Crippen LogP) is -0.802. The first-order valence-electron chi connectivity index (χ1n) is 8.11. The van der Waals surface area contributed by atoms with Gasteiger partial charge in [-0.1, -0.05) is 19.8 Å². The molecule has 1 spiro atoms. The Bertz CT molecular complexity index is 607. The van der Waals surface area contributed by atoms with Crippen LogP contribution in [-0.2, 0) is 23.9 Å². The lowest BCUT2D eigenvalue weighted by Gasteiger charge is -2.36. The van der Waals surface area contributed by atoms with Gasteiger partial charge in [-0.05, 0) is 18.8 Å². The molecule has 1 aliphatic carbocycles. The first kappa shape index (κ1) is 18.7. The summed E-state index contributed by atoms with van der Waals surface area (Å²) < 4.78 is 4.72. The van der Waals surface area contributed by atoms with E-state index in [1.807, 2.05) is 17.8 Å². The molecule has 2 rings (SSSR count). The van der Waals surface area contributed by atoms with Gasteiger partial charge in [-0.25, -0.2) is 4.79 Å². The van der Waals surface area contributed by atoms with E-state index in [2.05, 4.69) is 5.32 Å². The molecular weight excluding hydrogens is 332 g/mol. The molecule has 1 saturated heterocycles. The molecule has 0 aromatic rings. The van der Waals surface area contributed by atoms with Crippen molar-refractivity contribution in [2.24, 2.45) is 5.92 Å². The Balaban J connectivity index is 1.88. The van der Waals surface area contributed by atoms with E-state index in [0.717, 1.165) is 24.2 Å². The Morgan fingerprint density at radius 3 is 2.64 bits per heavy atom. The van der Waals surface area contributed by atoms with Crippen LogP contribution in [0.5, 0.6) is 0 Å². The fraction of sp³-hybridized carbons (Fsp3) is 0.667. The molecule has 1 aliphatic heterocycles. The van der Waals surface area contributed by atoms with E-state index in [1.165, 1.54) is 6.92 Å². The molecule has 10 nitrogen and oxygen atoms in total. The number of carbonyl (C=O) groups is 5. The van der Waals surface area contributed by atoms with Gasteiger partial charge in [0, 0.05) is 6.92 Å². The lowest BCUT2D eigenvalue weighted by molar-refractivity contribution is -0.151. The molecular formula is C15H22N4O6. The first-order valence-corrected chi connectivity index (χ1v) is 8.11. The maximum atomic E-state index is 12.7. The minimum absolute atomic E-state index is 0.0119. The lowest BCUT2D eigenvalue weighted by atomic mass is 9.73. The molecule has 0 radical (unpaired) electrons. The molecule has 25 heavy (non-hydrogen) atoms. The minimum atomic E-state index is -0.946. The van der Waals surface area contributed by atoms with Crippen molar-refractivity contribution in [2.45, 2.75) is 45.1 Å². The molecule has 2 atom stereocenters. The van der Waals surface area contributed by atoms with Crippen molar-refractivity contribution in [3.63, 3.8) is 0 Å². The van der Waals surface area contributed by atoms with Crippen LogP contribution in [0.2, 0.25) is 0 Å². The zero-order chi connectivity index (χ0) is 18.6. The Morgan fingerprint density at radius 2 is 2.00 bits per heavy atom. The van der Waals surface area contributed by atoms with E-state index in [-0.39, 0.29) is 5.92 Å². The van der Waals surface area contributed by atoms with Gasteiger partial charge in [0.15, 0.2) is 6.61 Å². The van der Waals surface area contributed by atoms with Crippen LogP contribution in [0.25, 0.3) is 0 Å². The molecule has 10 heteroatoms. The molecule has 5 amide bonds. The monoisotopic (exact) mass is 354 g/mol. The average molecular weight is 354 g/mol. The number of amides is 5. The van der Waals surface area contributed by atoms with Crippen LogP contribution < -0.4 is 16.2 Å². The highest BCUT2D eigenvalue weighted by Crippen LogP contribution is 2.38. The van der Waals surface area contributed by atoms with Crippen molar-refractivity contribution in [1.82, 2.24) is 21.1 Å². The Hall–Kier alpha value is -2.65. The van der Waals surface area contributed by atoms with Crippen LogP contribution in [0, 0.1) is 5.92 Å². The Labute approximate surface area is 144 Å². The van der Waals surface area contributed by atoms with Crippen LogP contribution >= 0.6 is 0 Å². The number of urea groups is 1. The number of nitrogens with zero attached hydrogens (tertiary/aromatic N) is 1. The van der Waals surface area contributed by atoms with Crippen LogP contribution in [-0.4, -0.2) is 53.3 Å². The van der Waals surface area contributed by atoms with Crippen molar-refractivity contribution in [3.8, 4) is 0 Å². The maximum absolute atomic E-state index is 12.7. The fourth-order valence-corrected chi connectivity index (χ4v) is 3.15. The van der Waals surface area contributed by atoms with Gasteiger partial charge in [-0.2, -0.15) is 0 Å². The van der Waals surface area contributed by atoms with Crippen molar-refractivity contribution >= 4 is 29.7 Å². The number of hydrogen-bond donors (Lipinski definition) is 3. The molecule has 138 valence electrons. The smallest absolute Gasteiger partial charge is 0.326 e. The molecule has 0 unspecified atom stereocenters. The summed E-state index contributed by atoms with van der Waals surface area (Å²) in [5.74, 6) is -2.54. The van der Waals surface area contributed by atoms with Crippen molar-refractivity contribution < 1.29 is 28.7 Å². The SMILES string of the molecule is CC(=O)NNC(=O)COC(=O)CN1C(=O)N[C@]2(CCCC[C@H]2C)C1=O. The Kier molecular flexibility index (Phi) is 5.60. The topological polar surface area (TPSA) is 134 Å². The molecule has 1 saturated carbocycles. The van der Waals surface area contributed by atoms with E-state index >= 15 is 0 Å². The quantitative estimate of drug-likeness (QED) is 0.344. The Morgan fingerprint density at radius 1 is 1.28 bits per heavy atom. The summed E-state index contributed by atoms with van der Waals surface area (Å²) in [4.78, 5) is 59.4. The van der Waals surface area contributed by atoms with Gasteiger partial charge in [0.1, 0.15) is 12.1 Å². The first-order chi connectivity index (χ1) is 11.8. The second kappa shape index (κ2) is 7.49. The van der Waals surface area contributed by atoms with E-state index in [1.54, 1.807) is 0 Å². The standard InChI is InChI=1S/C15H22N4O6/c1-9-5-3-4-6-15(9)13(23)19(14(24)16-15)7-12(22)25-8-11(21)18-17-10(2)20/h9H,3-8H2,1-2H3,(H,16,24)(H,17,20)(H,18,21)/t9-,15+/m1/s1. The number of esters is 1. The number of carbonyl (C=O) groups excluding carboxylic acids is 5. The summed E-state index contributed by atoms with van der Waals surface area (Å²) >= 11 is 0. The summed E-state index contributed by atoms with van der Waals surface area (Å²) in [7, 11) is 0. The molecule has 2 aliphatic rings. The average Bonchev–Trinajstić information content (AvgIpc) is 2.79. The molecule has 0 aromatic heterocycles. The maximum Gasteiger partial charge on any atom is 0.326 e. The van der Waals surface area contributed by atoms with Gasteiger partial charge < -0.3 is 10.1 Å². The zero-order valence-electron chi connectivity index (χ0n) is 14.2. The summed E-state index contributed by atoms with van der Waals surface area (Å²) in [5, 5.41) is 2.72. The molecule has 0 aromatic carbocycles. The van der Waals surface area contributed by atoms with Crippen molar-refractivity contribution in [3.05, 3.63) is 0 Å². The number of hydrazine groups is 1. The van der Waals surface area contributed by atoms with Crippen LogP contribution in [0.15, 0.2) is 0 Å². The zero-order valence-corrected chi connectivity index (χ0v) is 14.2. The van der Waals surface area contributed by atoms with Gasteiger partial charge in [0.2, 0.25) is 5.91 Å². The van der Waals surface area contributed by atoms with Crippen LogP contribution in [0.3, 0.4) is 0 Å². The molecule has 3 N–H and O–H groups in total. The lowest BCUT2D eigenvalue weighted by Crippen LogP contribution is -2.54. The molecule has 0 bridgehead atoms. The van der Waals surface area contributed by atoms with Gasteiger partial charge in [-0.3, -0.25) is 34.9 Å². The van der Waals surface area contributed by atoms with E-state index in [9.17, 15) is 24.0 Å². The van der Waals surface area contributed by atoms with E-state index in [4.69, 9.17) is 4.74 Å². The second-order valence-corrected chi connectivity index (χ2v) is 6.33. The van der Waals surface area contributed by atoms with Crippen LogP contribution in [0.1, 0.15) is 39.5 Å². The summed E-state index contributed by atoms with van der Waals surface area (Å²) in [6, 6.07) is -0.626. The van der Waals surface area contributed by atoms with Crippen LogP contribution in [0.4, 0.5) is 4.79 Å². The molecule has 2 fully saturated rings. The summed E-state index contributed by atoms with van der Waals surface area (Å²) in [6.45, 7) is 1.91. The van der Waals surface area contributed by atoms with Gasteiger partial charge >= 0.3 is 12.0 Å². The van der Waals surface area contributed by atoms with E-state index < -0.39 is 48.4 Å². The predicted molar refractivity (Wildman–Crippen MR) is 83.5 cm³/mol. The summed E-state index contributed by atoms with van der Waals surface area (Å²) in [6.07, 6.45) is 3.20. The third kappa shape index (κ3) is 4.06. The highest BCUT2D eigenvalue weighted by Gasteiger charge is 2.55. The molecule has 1 heterocycles. The van der Waals surface area contributed by atoms with Gasteiger partial charge in [0.25, 0.3) is 11.8 Å². The minimum Gasteiger partial charge on any atom is -0.454 e. The number of hydrogen-bond acceptors (Lipinski definition) is 6. The van der Waals surface area contributed by atoms with E-state index in [0.29, 0.717) is 6.42 Å². The van der Waals surface area contributed by atoms with Gasteiger partial charge in [-0.15, -0.1) is 0 Å². The van der Waals surface area contributed by atoms with Crippen molar-refractivity contribution in [2.75, 3.05) is 13.2 Å². The number of ether oxygens (including phenoxy) is 1. The largest absolute Gasteiger partial charge is 0.454 e. The highest BCUT2D eigenvalue weighted by molar-refractivity contribution is 6.09.